The second-order valence-corrected chi connectivity index (χ2v) is 7.84. The highest BCUT2D eigenvalue weighted by Crippen LogP contribution is 2.52. The fraction of sp³-hybridized carbons (Fsp3) is 0.450. The van der Waals surface area contributed by atoms with Crippen LogP contribution in [-0.2, 0) is 19.1 Å². The van der Waals surface area contributed by atoms with Gasteiger partial charge in [0.1, 0.15) is 5.60 Å². The molecule has 2 N–H and O–H groups in total. The maximum Gasteiger partial charge on any atom is 0.234 e. The number of carbonyl (C=O) groups is 3. The van der Waals surface area contributed by atoms with Crippen LogP contribution < -0.4 is 15.5 Å². The molecule has 3 aliphatic heterocycles. The zero-order valence-electron chi connectivity index (χ0n) is 15.0. The van der Waals surface area contributed by atoms with Crippen LogP contribution in [0.4, 0.5) is 11.4 Å². The molecule has 0 aromatic heterocycles. The normalized spacial score (nSPS) is 33.3. The summed E-state index contributed by atoms with van der Waals surface area (Å²) < 4.78 is 6.13. The van der Waals surface area contributed by atoms with Crippen LogP contribution in [0.15, 0.2) is 36.4 Å². The molecule has 1 saturated carbocycles. The number of nitrogens with zero attached hydrogens (tertiary/aromatic N) is 1. The van der Waals surface area contributed by atoms with Crippen molar-refractivity contribution in [3.8, 4) is 0 Å². The van der Waals surface area contributed by atoms with Gasteiger partial charge in [-0.3, -0.25) is 14.4 Å². The van der Waals surface area contributed by atoms with E-state index < -0.39 is 17.4 Å². The van der Waals surface area contributed by atoms with Crippen molar-refractivity contribution in [3.05, 3.63) is 36.4 Å². The maximum absolute atomic E-state index is 13.2. The van der Waals surface area contributed by atoms with Crippen LogP contribution in [-0.4, -0.2) is 42.0 Å². The van der Waals surface area contributed by atoms with Gasteiger partial charge in [0.05, 0.1) is 24.5 Å². The van der Waals surface area contributed by atoms with E-state index in [0.29, 0.717) is 12.2 Å². The summed E-state index contributed by atoms with van der Waals surface area (Å²) >= 11 is 0. The molecule has 27 heavy (non-hydrogen) atoms. The summed E-state index contributed by atoms with van der Waals surface area (Å²) in [4.78, 5) is 38.8. The number of hydrogen-bond acceptors (Lipinski definition) is 4. The molecular formula is C20H21N3O4. The molecule has 140 valence electrons. The number of ether oxygens (including phenoxy) is 1. The Balaban J connectivity index is 1.40. The van der Waals surface area contributed by atoms with Gasteiger partial charge < -0.3 is 20.3 Å². The Labute approximate surface area is 156 Å². The minimum atomic E-state index is -0.719. The van der Waals surface area contributed by atoms with Crippen molar-refractivity contribution in [2.75, 3.05) is 16.8 Å². The molecule has 4 aliphatic rings. The second kappa shape index (κ2) is 5.66. The van der Waals surface area contributed by atoms with Crippen LogP contribution in [0.2, 0.25) is 0 Å². The van der Waals surface area contributed by atoms with Crippen LogP contribution in [0.1, 0.15) is 19.8 Å². The van der Waals surface area contributed by atoms with Gasteiger partial charge in [-0.15, -0.1) is 0 Å². The second-order valence-electron chi connectivity index (χ2n) is 7.84. The van der Waals surface area contributed by atoms with E-state index in [1.54, 1.807) is 29.2 Å². The summed E-state index contributed by atoms with van der Waals surface area (Å²) in [6.07, 6.45) is 5.58. The summed E-state index contributed by atoms with van der Waals surface area (Å²) in [6.45, 7) is 1.85. The average molecular weight is 367 g/mol. The van der Waals surface area contributed by atoms with Crippen molar-refractivity contribution in [3.63, 3.8) is 0 Å². The van der Waals surface area contributed by atoms with Gasteiger partial charge >= 0.3 is 0 Å². The third-order valence-corrected chi connectivity index (χ3v) is 5.83. The molecule has 1 aromatic carbocycles. The van der Waals surface area contributed by atoms with E-state index >= 15 is 0 Å². The van der Waals surface area contributed by atoms with Gasteiger partial charge in [0.25, 0.3) is 0 Å². The van der Waals surface area contributed by atoms with Crippen molar-refractivity contribution in [2.24, 2.45) is 11.8 Å². The molecule has 3 fully saturated rings. The molecular weight excluding hydrogens is 346 g/mol. The van der Waals surface area contributed by atoms with Crippen molar-refractivity contribution in [1.82, 2.24) is 5.32 Å². The van der Waals surface area contributed by atoms with Crippen LogP contribution >= 0.6 is 0 Å². The lowest BCUT2D eigenvalue weighted by atomic mass is 9.77. The molecule has 7 nitrogen and oxygen atoms in total. The van der Waals surface area contributed by atoms with E-state index in [9.17, 15) is 14.4 Å². The topological polar surface area (TPSA) is 87.7 Å². The fourth-order valence-electron chi connectivity index (χ4n) is 4.47. The Morgan fingerprint density at radius 2 is 1.96 bits per heavy atom. The Bertz CT molecular complexity index is 860. The summed E-state index contributed by atoms with van der Waals surface area (Å²) in [5.41, 5.74) is 0.693. The number of fused-ring (bicyclic) bond motifs is 1. The predicted octanol–water partition coefficient (Wildman–Crippen LogP) is 1.21. The number of nitrogens with one attached hydrogen (secondary N) is 2. The van der Waals surface area contributed by atoms with Crippen LogP contribution in [0.25, 0.3) is 0 Å². The number of amides is 3. The van der Waals surface area contributed by atoms with E-state index in [2.05, 4.69) is 10.6 Å². The predicted molar refractivity (Wildman–Crippen MR) is 98.0 cm³/mol. The first-order valence-corrected chi connectivity index (χ1v) is 9.33. The van der Waals surface area contributed by atoms with Crippen LogP contribution in [0, 0.1) is 11.8 Å². The molecule has 0 radical (unpaired) electrons. The number of rotatable bonds is 4. The molecule has 4 unspecified atom stereocenters. The number of hydrogen-bond donors (Lipinski definition) is 2. The highest BCUT2D eigenvalue weighted by atomic mass is 16.5. The monoisotopic (exact) mass is 367 g/mol. The van der Waals surface area contributed by atoms with Gasteiger partial charge in [-0.05, 0) is 37.1 Å². The molecule has 1 aromatic rings. The molecule has 3 heterocycles. The number of anilines is 2. The van der Waals surface area contributed by atoms with Crippen LogP contribution in [0.3, 0.4) is 0 Å². The molecule has 2 saturated heterocycles. The highest BCUT2D eigenvalue weighted by Gasteiger charge is 2.67. The smallest absolute Gasteiger partial charge is 0.234 e. The lowest BCUT2D eigenvalue weighted by Crippen LogP contribution is -2.44. The summed E-state index contributed by atoms with van der Waals surface area (Å²) in [5.74, 6) is -1.25. The van der Waals surface area contributed by atoms with Crippen molar-refractivity contribution >= 4 is 29.1 Å². The Morgan fingerprint density at radius 3 is 2.63 bits per heavy atom. The van der Waals surface area contributed by atoms with E-state index in [0.717, 1.165) is 18.5 Å². The van der Waals surface area contributed by atoms with E-state index in [1.165, 1.54) is 6.92 Å². The van der Waals surface area contributed by atoms with Gasteiger partial charge in [-0.1, -0.05) is 12.2 Å². The van der Waals surface area contributed by atoms with Crippen molar-refractivity contribution in [2.45, 2.75) is 37.5 Å². The molecule has 7 heteroatoms. The van der Waals surface area contributed by atoms with Gasteiger partial charge in [-0.25, -0.2) is 0 Å². The first-order valence-electron chi connectivity index (χ1n) is 9.33. The molecule has 2 bridgehead atoms. The molecule has 5 rings (SSSR count). The van der Waals surface area contributed by atoms with Crippen LogP contribution in [0.5, 0.6) is 0 Å². The lowest BCUT2D eigenvalue weighted by Gasteiger charge is -2.23. The molecule has 3 amide bonds. The minimum absolute atomic E-state index is 0.0741. The van der Waals surface area contributed by atoms with Crippen molar-refractivity contribution in [1.29, 1.82) is 0 Å². The van der Waals surface area contributed by atoms with E-state index in [4.69, 9.17) is 4.74 Å². The third kappa shape index (κ3) is 2.56. The van der Waals surface area contributed by atoms with Gasteiger partial charge in [-0.2, -0.15) is 0 Å². The quantitative estimate of drug-likeness (QED) is 0.783. The molecule has 1 spiro atoms. The summed E-state index contributed by atoms with van der Waals surface area (Å²) in [5, 5.41) is 5.74. The largest absolute Gasteiger partial charge is 0.360 e. The average Bonchev–Trinajstić information content (AvgIpc) is 3.16. The summed E-state index contributed by atoms with van der Waals surface area (Å²) in [6, 6.07) is 7.39. The van der Waals surface area contributed by atoms with Gasteiger partial charge in [0, 0.05) is 24.3 Å². The van der Waals surface area contributed by atoms with Gasteiger partial charge in [0.15, 0.2) is 0 Å². The van der Waals surface area contributed by atoms with E-state index in [-0.39, 0.29) is 29.9 Å². The summed E-state index contributed by atoms with van der Waals surface area (Å²) in [7, 11) is 0. The first-order chi connectivity index (χ1) is 13.0. The zero-order valence-corrected chi connectivity index (χ0v) is 15.0. The minimum Gasteiger partial charge on any atom is -0.360 e. The number of benzene rings is 1. The Kier molecular flexibility index (Phi) is 3.46. The Morgan fingerprint density at radius 1 is 1.22 bits per heavy atom. The zero-order chi connectivity index (χ0) is 18.8. The van der Waals surface area contributed by atoms with Gasteiger partial charge in [0.2, 0.25) is 17.7 Å². The third-order valence-electron chi connectivity index (χ3n) is 5.83. The standard InChI is InChI=1S/C20H21N3O4/c1-11(24)21-12-4-6-14(7-5-12)23-10-20-9-8-15(27-20)16(17(20)19(23)26)18(25)22-13-2-3-13/h4-9,13,15-17H,2-3,10H2,1H3,(H,21,24)(H,22,25). The lowest BCUT2D eigenvalue weighted by molar-refractivity contribution is -0.132. The molecule has 4 atom stereocenters. The first kappa shape index (κ1) is 16.5. The Hall–Kier alpha value is -2.67. The molecule has 1 aliphatic carbocycles. The van der Waals surface area contributed by atoms with E-state index in [1.807, 2.05) is 12.2 Å². The number of carbonyl (C=O) groups excluding carboxylic acids is 3. The maximum atomic E-state index is 13.2. The SMILES string of the molecule is CC(=O)Nc1ccc(N2CC34C=CC(O3)C(C(=O)NC3CC3)C4C2=O)cc1. The fourth-order valence-corrected chi connectivity index (χ4v) is 4.47. The van der Waals surface area contributed by atoms with Crippen molar-refractivity contribution < 1.29 is 19.1 Å². The highest BCUT2D eigenvalue weighted by molar-refractivity contribution is 6.03.